The third-order valence-electron chi connectivity index (χ3n) is 6.25. The summed E-state index contributed by atoms with van der Waals surface area (Å²) in [4.78, 5) is 0. The summed E-state index contributed by atoms with van der Waals surface area (Å²) < 4.78 is 101. The molecule has 1 fully saturated rings. The molecule has 0 spiro atoms. The van der Waals surface area contributed by atoms with E-state index < -0.39 is 46.2 Å². The van der Waals surface area contributed by atoms with Crippen molar-refractivity contribution in [1.29, 1.82) is 0 Å². The molecule has 0 bridgehead atoms. The maximum atomic E-state index is 15.0. The fourth-order valence-electron chi connectivity index (χ4n) is 4.75. The van der Waals surface area contributed by atoms with E-state index in [0.29, 0.717) is 11.5 Å². The molecule has 1 aliphatic rings. The molecule has 176 valence electrons. The molecule has 1 aliphatic carbocycles. The van der Waals surface area contributed by atoms with Gasteiger partial charge in [-0.2, -0.15) is 26.3 Å². The zero-order valence-electron chi connectivity index (χ0n) is 17.8. The highest BCUT2D eigenvalue weighted by Gasteiger charge is 2.47. The van der Waals surface area contributed by atoms with E-state index in [1.54, 1.807) is 0 Å². The molecule has 0 radical (unpaired) electrons. The molecule has 1 saturated carbocycles. The van der Waals surface area contributed by atoms with E-state index >= 15 is 0 Å². The minimum absolute atomic E-state index is 0.0929. The summed E-state index contributed by atoms with van der Waals surface area (Å²) >= 11 is 0. The van der Waals surface area contributed by atoms with Crippen LogP contribution in [-0.4, -0.2) is 7.11 Å². The van der Waals surface area contributed by atoms with Crippen molar-refractivity contribution >= 4 is 0 Å². The van der Waals surface area contributed by atoms with Gasteiger partial charge in [0.05, 0.1) is 12.7 Å². The Morgan fingerprint density at radius 1 is 0.844 bits per heavy atom. The lowest BCUT2D eigenvalue weighted by molar-refractivity contribution is -0.162. The van der Waals surface area contributed by atoms with Gasteiger partial charge in [0, 0.05) is 5.56 Å². The first kappa shape index (κ1) is 24.4. The van der Waals surface area contributed by atoms with Crippen molar-refractivity contribution < 1.29 is 35.5 Å². The summed E-state index contributed by atoms with van der Waals surface area (Å²) in [6, 6.07) is 5.46. The Morgan fingerprint density at radius 3 is 1.94 bits per heavy atom. The van der Waals surface area contributed by atoms with Gasteiger partial charge in [0.2, 0.25) is 0 Å². The highest BCUT2D eigenvalue weighted by Crippen LogP contribution is 2.49. The SMILES string of the molecule is CCCC1CCC(c2ccc(-c3ccc(OC)c(C(F)(F)F)c3C(F)(F)F)c(F)c2)CC1. The van der Waals surface area contributed by atoms with Crippen LogP contribution in [-0.2, 0) is 12.4 Å². The smallest absolute Gasteiger partial charge is 0.420 e. The van der Waals surface area contributed by atoms with E-state index in [4.69, 9.17) is 0 Å². The number of rotatable bonds is 5. The summed E-state index contributed by atoms with van der Waals surface area (Å²) in [5, 5.41) is 0. The second-order valence-corrected chi connectivity index (χ2v) is 8.31. The van der Waals surface area contributed by atoms with Crippen molar-refractivity contribution in [1.82, 2.24) is 0 Å². The molecule has 0 heterocycles. The molecule has 2 aromatic rings. The van der Waals surface area contributed by atoms with Gasteiger partial charge < -0.3 is 4.74 Å². The first-order valence-electron chi connectivity index (χ1n) is 10.6. The van der Waals surface area contributed by atoms with Gasteiger partial charge in [-0.1, -0.05) is 31.9 Å². The molecule has 0 amide bonds. The van der Waals surface area contributed by atoms with E-state index in [0.717, 1.165) is 69.9 Å². The molecule has 0 aliphatic heterocycles. The second kappa shape index (κ2) is 9.32. The van der Waals surface area contributed by atoms with Gasteiger partial charge in [-0.15, -0.1) is 0 Å². The molecule has 0 saturated heterocycles. The molecule has 0 aromatic heterocycles. The van der Waals surface area contributed by atoms with Crippen LogP contribution in [0.2, 0.25) is 0 Å². The number of hydrogen-bond acceptors (Lipinski definition) is 1. The van der Waals surface area contributed by atoms with Crippen LogP contribution < -0.4 is 4.74 Å². The van der Waals surface area contributed by atoms with Crippen molar-refractivity contribution in [3.05, 3.63) is 52.8 Å². The lowest BCUT2D eigenvalue weighted by atomic mass is 9.77. The molecular formula is C24H25F7O. The number of halogens is 7. The van der Waals surface area contributed by atoms with Crippen LogP contribution in [0.15, 0.2) is 30.3 Å². The first-order chi connectivity index (χ1) is 15.0. The van der Waals surface area contributed by atoms with Crippen LogP contribution in [0.25, 0.3) is 11.1 Å². The van der Waals surface area contributed by atoms with Crippen LogP contribution in [0.5, 0.6) is 5.75 Å². The standard InChI is InChI=1S/C24H25F7O/c1-3-4-14-5-7-15(8-6-14)16-9-10-17(19(25)13-16)18-11-12-20(32-2)22(24(29,30)31)21(18)23(26,27)28/h9-15H,3-8H2,1-2H3. The van der Waals surface area contributed by atoms with Crippen LogP contribution in [0.3, 0.4) is 0 Å². The van der Waals surface area contributed by atoms with Crippen molar-refractivity contribution in [2.45, 2.75) is 63.7 Å². The highest BCUT2D eigenvalue weighted by atomic mass is 19.4. The lowest BCUT2D eigenvalue weighted by Crippen LogP contribution is -2.19. The molecule has 8 heteroatoms. The Bertz CT molecular complexity index is 939. The van der Waals surface area contributed by atoms with Crippen LogP contribution >= 0.6 is 0 Å². The van der Waals surface area contributed by atoms with Crippen molar-refractivity contribution in [3.63, 3.8) is 0 Å². The van der Waals surface area contributed by atoms with Crippen LogP contribution in [0.1, 0.15) is 68.1 Å². The predicted molar refractivity (Wildman–Crippen MR) is 108 cm³/mol. The largest absolute Gasteiger partial charge is 0.496 e. The Balaban J connectivity index is 2.03. The zero-order valence-corrected chi connectivity index (χ0v) is 17.8. The summed E-state index contributed by atoms with van der Waals surface area (Å²) in [5.74, 6) is -1.21. The van der Waals surface area contributed by atoms with Gasteiger partial charge in [0.25, 0.3) is 0 Å². The average molecular weight is 462 g/mol. The molecule has 0 N–H and O–H groups in total. The maximum absolute atomic E-state index is 15.0. The average Bonchev–Trinajstić information content (AvgIpc) is 2.72. The van der Waals surface area contributed by atoms with E-state index in [1.165, 1.54) is 6.07 Å². The molecule has 32 heavy (non-hydrogen) atoms. The molecule has 1 nitrogen and oxygen atoms in total. The van der Waals surface area contributed by atoms with Gasteiger partial charge >= 0.3 is 12.4 Å². The lowest BCUT2D eigenvalue weighted by Gasteiger charge is -2.29. The monoisotopic (exact) mass is 462 g/mol. The summed E-state index contributed by atoms with van der Waals surface area (Å²) in [6.45, 7) is 2.12. The number of alkyl halides is 6. The third-order valence-corrected chi connectivity index (χ3v) is 6.25. The summed E-state index contributed by atoms with van der Waals surface area (Å²) in [5.41, 5.74) is -4.62. The Labute approximate surface area is 182 Å². The molecule has 2 aromatic carbocycles. The number of benzene rings is 2. The van der Waals surface area contributed by atoms with Crippen LogP contribution in [0.4, 0.5) is 30.7 Å². The van der Waals surface area contributed by atoms with E-state index in [2.05, 4.69) is 11.7 Å². The maximum Gasteiger partial charge on any atom is 0.420 e. The van der Waals surface area contributed by atoms with Gasteiger partial charge in [0.15, 0.2) is 0 Å². The summed E-state index contributed by atoms with van der Waals surface area (Å²) in [6.07, 6.45) is -4.73. The zero-order chi connectivity index (χ0) is 23.7. The minimum Gasteiger partial charge on any atom is -0.496 e. The third kappa shape index (κ3) is 5.04. The first-order valence-corrected chi connectivity index (χ1v) is 10.6. The summed E-state index contributed by atoms with van der Waals surface area (Å²) in [7, 11) is 0.856. The molecule has 3 rings (SSSR count). The van der Waals surface area contributed by atoms with Crippen molar-refractivity contribution in [2.24, 2.45) is 5.92 Å². The quantitative estimate of drug-likeness (QED) is 0.404. The topological polar surface area (TPSA) is 9.23 Å². The van der Waals surface area contributed by atoms with Gasteiger partial charge in [-0.25, -0.2) is 4.39 Å². The Kier molecular flexibility index (Phi) is 7.10. The van der Waals surface area contributed by atoms with Crippen molar-refractivity contribution in [3.8, 4) is 16.9 Å². The normalized spacial score (nSPS) is 19.8. The molecular weight excluding hydrogens is 437 g/mol. The highest BCUT2D eigenvalue weighted by molar-refractivity contribution is 5.72. The Hall–Kier alpha value is -2.25. The van der Waals surface area contributed by atoms with Crippen LogP contribution in [0, 0.1) is 11.7 Å². The minimum atomic E-state index is -5.36. The van der Waals surface area contributed by atoms with Gasteiger partial charge in [0.1, 0.15) is 17.1 Å². The van der Waals surface area contributed by atoms with E-state index in [9.17, 15) is 30.7 Å². The molecule has 0 unspecified atom stereocenters. The van der Waals surface area contributed by atoms with E-state index in [1.807, 2.05) is 0 Å². The number of methoxy groups -OCH3 is 1. The second-order valence-electron chi connectivity index (χ2n) is 8.31. The molecule has 0 atom stereocenters. The fraction of sp³-hybridized carbons (Fsp3) is 0.500. The van der Waals surface area contributed by atoms with Gasteiger partial charge in [-0.05, 0) is 66.8 Å². The van der Waals surface area contributed by atoms with Crippen molar-refractivity contribution in [2.75, 3.05) is 7.11 Å². The Morgan fingerprint density at radius 2 is 1.44 bits per heavy atom. The van der Waals surface area contributed by atoms with Gasteiger partial charge in [-0.3, -0.25) is 0 Å². The van der Waals surface area contributed by atoms with E-state index in [-0.39, 0.29) is 5.92 Å². The predicted octanol–water partition coefficient (Wildman–Crippen LogP) is 8.61. The fourth-order valence-corrected chi connectivity index (χ4v) is 4.75. The number of ether oxygens (including phenoxy) is 1. The number of hydrogen-bond donors (Lipinski definition) is 0.